The van der Waals surface area contributed by atoms with Crippen LogP contribution in [0.4, 0.5) is 11.4 Å². The minimum absolute atomic E-state index is 0.109. The van der Waals surface area contributed by atoms with Crippen molar-refractivity contribution in [1.29, 1.82) is 0 Å². The zero-order chi connectivity index (χ0) is 13.0. The monoisotopic (exact) mass is 256 g/mol. The molecule has 1 aromatic carbocycles. The summed E-state index contributed by atoms with van der Waals surface area (Å²) >= 11 is 6.02. The predicted octanol–water partition coefficient (Wildman–Crippen LogP) is 3.22. The van der Waals surface area contributed by atoms with E-state index in [1.807, 2.05) is 6.92 Å². The van der Waals surface area contributed by atoms with E-state index in [-0.39, 0.29) is 11.6 Å². The second-order valence-corrected chi connectivity index (χ2v) is 4.47. The first-order valence-corrected chi connectivity index (χ1v) is 5.92. The molecule has 1 aromatic rings. The molecule has 0 amide bonds. The van der Waals surface area contributed by atoms with Crippen LogP contribution in [0, 0.1) is 0 Å². The van der Waals surface area contributed by atoms with Crippen molar-refractivity contribution in [1.82, 2.24) is 0 Å². The Kier molecular flexibility index (Phi) is 4.63. The van der Waals surface area contributed by atoms with Crippen molar-refractivity contribution in [3.05, 3.63) is 22.7 Å². The Morgan fingerprint density at radius 3 is 2.76 bits per heavy atom. The zero-order valence-corrected chi connectivity index (χ0v) is 10.7. The summed E-state index contributed by atoms with van der Waals surface area (Å²) in [4.78, 5) is 11.1. The van der Waals surface area contributed by atoms with E-state index < -0.39 is 5.97 Å². The van der Waals surface area contributed by atoms with Gasteiger partial charge in [0.1, 0.15) is 0 Å². The Morgan fingerprint density at radius 1 is 1.59 bits per heavy atom. The average molecular weight is 257 g/mol. The smallest absolute Gasteiger partial charge is 0.337 e. The van der Waals surface area contributed by atoms with Crippen LogP contribution in [0.15, 0.2) is 12.1 Å². The van der Waals surface area contributed by atoms with Crippen LogP contribution in [0.3, 0.4) is 0 Å². The van der Waals surface area contributed by atoms with Gasteiger partial charge in [-0.25, -0.2) is 4.79 Å². The molecule has 0 bridgehead atoms. The highest BCUT2D eigenvalue weighted by Gasteiger charge is 2.16. The summed E-state index contributed by atoms with van der Waals surface area (Å²) < 4.78 is 0. The Hall–Kier alpha value is -1.42. The molecule has 0 aromatic heterocycles. The molecule has 94 valence electrons. The van der Waals surface area contributed by atoms with Gasteiger partial charge < -0.3 is 16.2 Å². The van der Waals surface area contributed by atoms with Crippen molar-refractivity contribution in [2.45, 2.75) is 32.7 Å². The highest BCUT2D eigenvalue weighted by molar-refractivity contribution is 6.34. The van der Waals surface area contributed by atoms with Gasteiger partial charge in [0.05, 0.1) is 16.3 Å². The van der Waals surface area contributed by atoms with Gasteiger partial charge in [0.2, 0.25) is 0 Å². The van der Waals surface area contributed by atoms with Crippen molar-refractivity contribution in [2.75, 3.05) is 11.1 Å². The van der Waals surface area contributed by atoms with Crippen molar-refractivity contribution in [3.63, 3.8) is 0 Å². The lowest BCUT2D eigenvalue weighted by molar-refractivity contribution is 0.0698. The van der Waals surface area contributed by atoms with Crippen LogP contribution in [0.5, 0.6) is 0 Å². The summed E-state index contributed by atoms with van der Waals surface area (Å²) in [6.07, 6.45) is 1.96. The molecule has 1 atom stereocenters. The fourth-order valence-electron chi connectivity index (χ4n) is 1.69. The molecule has 5 heteroatoms. The first kappa shape index (κ1) is 13.6. The molecule has 0 saturated carbocycles. The van der Waals surface area contributed by atoms with E-state index in [1.165, 1.54) is 6.07 Å². The van der Waals surface area contributed by atoms with E-state index in [9.17, 15) is 4.79 Å². The van der Waals surface area contributed by atoms with E-state index >= 15 is 0 Å². The van der Waals surface area contributed by atoms with Gasteiger partial charge >= 0.3 is 5.97 Å². The summed E-state index contributed by atoms with van der Waals surface area (Å²) in [5.74, 6) is -1.04. The van der Waals surface area contributed by atoms with Crippen molar-refractivity contribution in [3.8, 4) is 0 Å². The maximum absolute atomic E-state index is 11.1. The molecule has 1 rings (SSSR count). The largest absolute Gasteiger partial charge is 0.478 e. The second-order valence-electron chi connectivity index (χ2n) is 4.06. The third kappa shape index (κ3) is 3.53. The maximum Gasteiger partial charge on any atom is 0.337 e. The van der Waals surface area contributed by atoms with Gasteiger partial charge in [-0.1, -0.05) is 24.9 Å². The number of rotatable bonds is 5. The van der Waals surface area contributed by atoms with Gasteiger partial charge in [-0.2, -0.15) is 0 Å². The number of carboxylic acids is 1. The lowest BCUT2D eigenvalue weighted by atomic mass is 10.1. The third-order valence-corrected chi connectivity index (χ3v) is 2.75. The summed E-state index contributed by atoms with van der Waals surface area (Å²) in [5.41, 5.74) is 6.48. The standard InChI is InChI=1S/C12H17ClN2O2/c1-3-4-7(2)15-11-9(12(16)17)5-8(14)6-10(11)13/h5-7,15H,3-4,14H2,1-2H3,(H,16,17). The first-order chi connectivity index (χ1) is 7.95. The number of carboxylic acid groups (broad SMARTS) is 1. The van der Waals surface area contributed by atoms with E-state index in [0.29, 0.717) is 16.4 Å². The molecule has 0 heterocycles. The number of hydrogen-bond donors (Lipinski definition) is 3. The first-order valence-electron chi connectivity index (χ1n) is 5.54. The number of halogens is 1. The molecule has 0 fully saturated rings. The van der Waals surface area contributed by atoms with Crippen LogP contribution < -0.4 is 11.1 Å². The normalized spacial score (nSPS) is 12.2. The van der Waals surface area contributed by atoms with Crippen LogP contribution in [-0.4, -0.2) is 17.1 Å². The summed E-state index contributed by atoms with van der Waals surface area (Å²) in [7, 11) is 0. The Labute approximate surface area is 106 Å². The van der Waals surface area contributed by atoms with Crippen LogP contribution in [0.25, 0.3) is 0 Å². The third-order valence-electron chi connectivity index (χ3n) is 2.46. The van der Waals surface area contributed by atoms with Gasteiger partial charge in [0, 0.05) is 11.7 Å². The highest BCUT2D eigenvalue weighted by Crippen LogP contribution is 2.30. The summed E-state index contributed by atoms with van der Waals surface area (Å²) in [6.45, 7) is 4.06. The lowest BCUT2D eigenvalue weighted by Gasteiger charge is -2.18. The van der Waals surface area contributed by atoms with E-state index in [2.05, 4.69) is 12.2 Å². The van der Waals surface area contributed by atoms with Crippen LogP contribution in [0.1, 0.15) is 37.0 Å². The molecule has 0 aliphatic heterocycles. The summed E-state index contributed by atoms with van der Waals surface area (Å²) in [5, 5.41) is 12.6. The topological polar surface area (TPSA) is 75.3 Å². The molecule has 17 heavy (non-hydrogen) atoms. The lowest BCUT2D eigenvalue weighted by Crippen LogP contribution is -2.17. The van der Waals surface area contributed by atoms with Crippen LogP contribution in [-0.2, 0) is 0 Å². The van der Waals surface area contributed by atoms with Gasteiger partial charge in [-0.05, 0) is 25.5 Å². The minimum Gasteiger partial charge on any atom is -0.478 e. The molecule has 0 aliphatic rings. The Balaban J connectivity index is 3.08. The molecule has 4 nitrogen and oxygen atoms in total. The molecule has 4 N–H and O–H groups in total. The molecule has 1 unspecified atom stereocenters. The Bertz CT molecular complexity index is 421. The predicted molar refractivity (Wildman–Crippen MR) is 70.8 cm³/mol. The molecule has 0 aliphatic carbocycles. The number of anilines is 2. The SMILES string of the molecule is CCCC(C)Nc1c(Cl)cc(N)cc1C(=O)O. The number of aromatic carboxylic acids is 1. The fourth-order valence-corrected chi connectivity index (χ4v) is 1.98. The number of hydrogen-bond acceptors (Lipinski definition) is 3. The average Bonchev–Trinajstić information content (AvgIpc) is 2.21. The molecule has 0 spiro atoms. The fraction of sp³-hybridized carbons (Fsp3) is 0.417. The quantitative estimate of drug-likeness (QED) is 0.707. The molecule has 0 saturated heterocycles. The van der Waals surface area contributed by atoms with Gasteiger partial charge in [-0.15, -0.1) is 0 Å². The van der Waals surface area contributed by atoms with Gasteiger partial charge in [0.25, 0.3) is 0 Å². The number of carbonyl (C=O) groups is 1. The summed E-state index contributed by atoms with van der Waals surface area (Å²) in [6, 6.07) is 3.13. The van der Waals surface area contributed by atoms with Crippen LogP contribution in [0.2, 0.25) is 5.02 Å². The number of benzene rings is 1. The number of nitrogen functional groups attached to an aromatic ring is 1. The van der Waals surface area contributed by atoms with E-state index in [4.69, 9.17) is 22.4 Å². The molecular formula is C12H17ClN2O2. The van der Waals surface area contributed by atoms with Crippen molar-refractivity contribution >= 4 is 28.9 Å². The highest BCUT2D eigenvalue weighted by atomic mass is 35.5. The van der Waals surface area contributed by atoms with Crippen molar-refractivity contribution in [2.24, 2.45) is 0 Å². The number of nitrogens with one attached hydrogen (secondary N) is 1. The maximum atomic E-state index is 11.1. The molecular weight excluding hydrogens is 240 g/mol. The second kappa shape index (κ2) is 5.77. The Morgan fingerprint density at radius 2 is 2.24 bits per heavy atom. The van der Waals surface area contributed by atoms with Gasteiger partial charge in [-0.3, -0.25) is 0 Å². The molecule has 0 radical (unpaired) electrons. The van der Waals surface area contributed by atoms with Gasteiger partial charge in [0.15, 0.2) is 0 Å². The van der Waals surface area contributed by atoms with Crippen LogP contribution >= 0.6 is 11.6 Å². The van der Waals surface area contributed by atoms with E-state index in [0.717, 1.165) is 12.8 Å². The number of nitrogens with two attached hydrogens (primary N) is 1. The van der Waals surface area contributed by atoms with Crippen molar-refractivity contribution < 1.29 is 9.90 Å². The minimum atomic E-state index is -1.04. The zero-order valence-electron chi connectivity index (χ0n) is 9.96. The van der Waals surface area contributed by atoms with E-state index in [1.54, 1.807) is 6.07 Å².